The van der Waals surface area contributed by atoms with Gasteiger partial charge in [-0.2, -0.15) is 0 Å². The van der Waals surface area contributed by atoms with Gasteiger partial charge in [0.25, 0.3) is 5.56 Å². The highest BCUT2D eigenvalue weighted by Crippen LogP contribution is 2.26. The molecule has 0 saturated carbocycles. The molecular formula is C24H23N3O3S. The average molecular weight is 434 g/mol. The number of anilines is 1. The molecule has 0 saturated heterocycles. The van der Waals surface area contributed by atoms with Gasteiger partial charge in [-0.15, -0.1) is 0 Å². The molecule has 7 heteroatoms. The summed E-state index contributed by atoms with van der Waals surface area (Å²) in [5.41, 5.74) is 3.27. The van der Waals surface area contributed by atoms with Crippen LogP contribution in [0.15, 0.2) is 75.2 Å². The van der Waals surface area contributed by atoms with Gasteiger partial charge in [0.15, 0.2) is 5.16 Å². The fraction of sp³-hybridized carbons (Fsp3) is 0.208. The van der Waals surface area contributed by atoms with E-state index in [9.17, 15) is 9.59 Å². The molecule has 0 bridgehead atoms. The Morgan fingerprint density at radius 3 is 2.55 bits per heavy atom. The minimum Gasteiger partial charge on any atom is -0.467 e. The molecule has 6 nitrogen and oxygen atoms in total. The number of furan rings is 1. The first kappa shape index (κ1) is 20.9. The Morgan fingerprint density at radius 2 is 1.84 bits per heavy atom. The lowest BCUT2D eigenvalue weighted by Gasteiger charge is -2.17. The van der Waals surface area contributed by atoms with Crippen LogP contribution in [-0.4, -0.2) is 20.7 Å². The second kappa shape index (κ2) is 8.81. The van der Waals surface area contributed by atoms with Crippen LogP contribution < -0.4 is 10.9 Å². The highest BCUT2D eigenvalue weighted by Gasteiger charge is 2.21. The third-order valence-electron chi connectivity index (χ3n) is 5.10. The maximum atomic E-state index is 13.2. The van der Waals surface area contributed by atoms with Crippen LogP contribution in [0.3, 0.4) is 0 Å². The number of hydrogen-bond donors (Lipinski definition) is 1. The van der Waals surface area contributed by atoms with Gasteiger partial charge < -0.3 is 9.73 Å². The first-order valence-electron chi connectivity index (χ1n) is 9.99. The van der Waals surface area contributed by atoms with Gasteiger partial charge in [-0.3, -0.25) is 14.2 Å². The van der Waals surface area contributed by atoms with Crippen molar-refractivity contribution < 1.29 is 9.21 Å². The Kier molecular flexibility index (Phi) is 5.95. The van der Waals surface area contributed by atoms with Crippen LogP contribution in [0.1, 0.15) is 23.8 Å². The molecule has 0 aliphatic heterocycles. The number of nitrogens with zero attached hydrogens (tertiary/aromatic N) is 2. The van der Waals surface area contributed by atoms with Crippen LogP contribution in [0, 0.1) is 13.8 Å². The van der Waals surface area contributed by atoms with Crippen molar-refractivity contribution in [3.05, 3.63) is 88.1 Å². The maximum Gasteiger partial charge on any atom is 0.262 e. The fourth-order valence-electron chi connectivity index (χ4n) is 3.38. The van der Waals surface area contributed by atoms with Crippen molar-refractivity contribution in [1.82, 2.24) is 9.55 Å². The fourth-order valence-corrected chi connectivity index (χ4v) is 4.29. The Labute approximate surface area is 184 Å². The largest absolute Gasteiger partial charge is 0.467 e. The number of amides is 1. The molecule has 158 valence electrons. The lowest BCUT2D eigenvalue weighted by molar-refractivity contribution is -0.115. The SMILES string of the molecule is Cc1cccc(C)c1NC(=O)[C@H](C)Sc1nc2ccccc2c(=O)n1Cc1ccco1. The zero-order chi connectivity index (χ0) is 22.0. The summed E-state index contributed by atoms with van der Waals surface area (Å²) in [5, 5.41) is 3.57. The van der Waals surface area contributed by atoms with Gasteiger partial charge in [-0.1, -0.05) is 42.1 Å². The maximum absolute atomic E-state index is 13.2. The number of nitrogens with one attached hydrogen (secondary N) is 1. The zero-order valence-electron chi connectivity index (χ0n) is 17.6. The molecule has 4 aromatic rings. The molecule has 1 atom stereocenters. The van der Waals surface area contributed by atoms with Crippen molar-refractivity contribution in [3.63, 3.8) is 0 Å². The normalized spacial score (nSPS) is 12.1. The van der Waals surface area contributed by atoms with E-state index in [0.29, 0.717) is 21.8 Å². The monoisotopic (exact) mass is 433 g/mol. The van der Waals surface area contributed by atoms with Crippen LogP contribution in [0.4, 0.5) is 5.69 Å². The molecule has 1 amide bonds. The number of fused-ring (bicyclic) bond motifs is 1. The smallest absolute Gasteiger partial charge is 0.262 e. The van der Waals surface area contributed by atoms with Gasteiger partial charge in [-0.25, -0.2) is 4.98 Å². The number of para-hydroxylation sites is 2. The number of rotatable bonds is 6. The lowest BCUT2D eigenvalue weighted by atomic mass is 10.1. The number of aryl methyl sites for hydroxylation is 2. The predicted molar refractivity (Wildman–Crippen MR) is 124 cm³/mol. The topological polar surface area (TPSA) is 77.1 Å². The Hall–Kier alpha value is -3.32. The molecule has 2 aromatic carbocycles. The van der Waals surface area contributed by atoms with Crippen molar-refractivity contribution in [1.29, 1.82) is 0 Å². The van der Waals surface area contributed by atoms with Crippen LogP contribution in [0.5, 0.6) is 0 Å². The van der Waals surface area contributed by atoms with Crippen LogP contribution in [-0.2, 0) is 11.3 Å². The molecular weight excluding hydrogens is 410 g/mol. The zero-order valence-corrected chi connectivity index (χ0v) is 18.4. The molecule has 0 radical (unpaired) electrons. The summed E-state index contributed by atoms with van der Waals surface area (Å²) in [6, 6.07) is 16.7. The van der Waals surface area contributed by atoms with Crippen LogP contribution in [0.2, 0.25) is 0 Å². The number of aromatic nitrogens is 2. The van der Waals surface area contributed by atoms with Crippen LogP contribution in [0.25, 0.3) is 10.9 Å². The van der Waals surface area contributed by atoms with Crippen molar-refractivity contribution in [2.75, 3.05) is 5.32 Å². The Morgan fingerprint density at radius 1 is 1.10 bits per heavy atom. The number of hydrogen-bond acceptors (Lipinski definition) is 5. The molecule has 2 heterocycles. The molecule has 1 N–H and O–H groups in total. The van der Waals surface area contributed by atoms with Gasteiger partial charge in [-0.05, 0) is 56.2 Å². The first-order chi connectivity index (χ1) is 14.9. The van der Waals surface area contributed by atoms with E-state index in [-0.39, 0.29) is 18.0 Å². The highest BCUT2D eigenvalue weighted by molar-refractivity contribution is 8.00. The minimum atomic E-state index is -0.463. The van der Waals surface area contributed by atoms with Crippen molar-refractivity contribution in [3.8, 4) is 0 Å². The molecule has 0 spiro atoms. The van der Waals surface area contributed by atoms with Gasteiger partial charge in [0.05, 0.1) is 29.0 Å². The summed E-state index contributed by atoms with van der Waals surface area (Å²) in [5.74, 6) is 0.503. The number of benzene rings is 2. The van der Waals surface area contributed by atoms with Crippen molar-refractivity contribution >= 4 is 34.3 Å². The van der Waals surface area contributed by atoms with E-state index in [1.54, 1.807) is 29.0 Å². The lowest BCUT2D eigenvalue weighted by Crippen LogP contribution is -2.27. The number of carbonyl (C=O) groups excluding carboxylic acids is 1. The summed E-state index contributed by atoms with van der Waals surface area (Å²) in [4.78, 5) is 30.8. The summed E-state index contributed by atoms with van der Waals surface area (Å²) < 4.78 is 7.01. The van der Waals surface area contributed by atoms with Crippen molar-refractivity contribution in [2.24, 2.45) is 0 Å². The second-order valence-electron chi connectivity index (χ2n) is 7.40. The Balaban J connectivity index is 1.66. The standard InChI is InChI=1S/C24H23N3O3S/c1-15-8-6-9-16(2)21(15)26-22(28)17(3)31-24-25-20-12-5-4-11-19(20)23(29)27(24)14-18-10-7-13-30-18/h4-13,17H,14H2,1-3H3,(H,26,28)/t17-/m0/s1. The van der Waals surface area contributed by atoms with Gasteiger partial charge >= 0.3 is 0 Å². The number of thioether (sulfide) groups is 1. The third kappa shape index (κ3) is 4.41. The van der Waals surface area contributed by atoms with E-state index in [1.165, 1.54) is 11.8 Å². The quantitative estimate of drug-likeness (QED) is 0.350. The van der Waals surface area contributed by atoms with E-state index in [0.717, 1.165) is 16.8 Å². The number of carbonyl (C=O) groups is 1. The average Bonchev–Trinajstić information content (AvgIpc) is 3.27. The summed E-state index contributed by atoms with van der Waals surface area (Å²) >= 11 is 1.26. The summed E-state index contributed by atoms with van der Waals surface area (Å²) in [6.45, 7) is 5.99. The third-order valence-corrected chi connectivity index (χ3v) is 6.19. The van der Waals surface area contributed by atoms with Crippen molar-refractivity contribution in [2.45, 2.75) is 37.7 Å². The molecule has 2 aromatic heterocycles. The molecule has 4 rings (SSSR count). The van der Waals surface area contributed by atoms with E-state index in [2.05, 4.69) is 10.3 Å². The van der Waals surface area contributed by atoms with E-state index in [1.807, 2.05) is 57.2 Å². The van der Waals surface area contributed by atoms with E-state index < -0.39 is 5.25 Å². The second-order valence-corrected chi connectivity index (χ2v) is 8.71. The molecule has 0 aliphatic carbocycles. The summed E-state index contributed by atoms with van der Waals surface area (Å²) in [6.07, 6.45) is 1.57. The molecule has 0 fully saturated rings. The highest BCUT2D eigenvalue weighted by atomic mass is 32.2. The van der Waals surface area contributed by atoms with Gasteiger partial charge in [0.2, 0.25) is 5.91 Å². The first-order valence-corrected chi connectivity index (χ1v) is 10.9. The van der Waals surface area contributed by atoms with Crippen LogP contribution >= 0.6 is 11.8 Å². The van der Waals surface area contributed by atoms with E-state index >= 15 is 0 Å². The van der Waals surface area contributed by atoms with Gasteiger partial charge in [0, 0.05) is 5.69 Å². The molecule has 0 unspecified atom stereocenters. The van der Waals surface area contributed by atoms with E-state index in [4.69, 9.17) is 4.42 Å². The molecule has 0 aliphatic rings. The Bertz CT molecular complexity index is 1280. The summed E-state index contributed by atoms with van der Waals surface area (Å²) in [7, 11) is 0. The minimum absolute atomic E-state index is 0.144. The molecule has 31 heavy (non-hydrogen) atoms. The predicted octanol–water partition coefficient (Wildman–Crippen LogP) is 4.77. The van der Waals surface area contributed by atoms with Gasteiger partial charge in [0.1, 0.15) is 5.76 Å².